The van der Waals surface area contributed by atoms with E-state index in [0.717, 1.165) is 19.4 Å². The molecule has 1 atom stereocenters. The first-order chi connectivity index (χ1) is 13.2. The van der Waals surface area contributed by atoms with Crippen molar-refractivity contribution in [2.24, 2.45) is 0 Å². The van der Waals surface area contributed by atoms with Gasteiger partial charge in [0.15, 0.2) is 11.5 Å². The summed E-state index contributed by atoms with van der Waals surface area (Å²) in [5, 5.41) is 0.498. The van der Waals surface area contributed by atoms with Gasteiger partial charge < -0.3 is 14.5 Å². The molecule has 1 N–H and O–H groups in total. The van der Waals surface area contributed by atoms with E-state index in [9.17, 15) is 4.79 Å². The van der Waals surface area contributed by atoms with E-state index in [1.807, 2.05) is 6.07 Å². The molecule has 6 heteroatoms. The van der Waals surface area contributed by atoms with E-state index in [1.165, 1.54) is 5.56 Å². The molecule has 0 bridgehead atoms. The molecule has 6 nitrogen and oxygen atoms in total. The van der Waals surface area contributed by atoms with Gasteiger partial charge in [-0.2, -0.15) is 0 Å². The quantitative estimate of drug-likeness (QED) is 0.752. The van der Waals surface area contributed by atoms with Crippen molar-refractivity contribution in [3.05, 3.63) is 64.2 Å². The van der Waals surface area contributed by atoms with Crippen LogP contribution in [0.25, 0.3) is 10.9 Å². The monoisotopic (exact) mass is 365 g/mol. The smallest absolute Gasteiger partial charge is 0.258 e. The van der Waals surface area contributed by atoms with Gasteiger partial charge in [0.2, 0.25) is 0 Å². The number of hydrogen-bond donors (Lipinski definition) is 1. The fourth-order valence-electron chi connectivity index (χ4n) is 3.85. The van der Waals surface area contributed by atoms with Crippen LogP contribution in [0.2, 0.25) is 0 Å². The number of benzene rings is 2. The predicted octanol–water partition coefficient (Wildman–Crippen LogP) is 3.28. The fourth-order valence-corrected chi connectivity index (χ4v) is 3.85. The Morgan fingerprint density at radius 3 is 2.63 bits per heavy atom. The first-order valence-corrected chi connectivity index (χ1v) is 9.13. The van der Waals surface area contributed by atoms with Crippen LogP contribution in [0.1, 0.15) is 30.3 Å². The summed E-state index contributed by atoms with van der Waals surface area (Å²) in [4.78, 5) is 22.6. The van der Waals surface area contributed by atoms with Crippen molar-refractivity contribution in [3.8, 4) is 11.5 Å². The fraction of sp³-hybridized carbons (Fsp3) is 0.333. The van der Waals surface area contributed by atoms with E-state index >= 15 is 0 Å². The summed E-state index contributed by atoms with van der Waals surface area (Å²) >= 11 is 0. The van der Waals surface area contributed by atoms with E-state index in [1.54, 1.807) is 26.4 Å². The van der Waals surface area contributed by atoms with Crippen LogP contribution in [0, 0.1) is 0 Å². The largest absolute Gasteiger partial charge is 0.493 e. The summed E-state index contributed by atoms with van der Waals surface area (Å²) in [6.45, 7) is 1.60. The molecule has 3 aromatic rings. The maximum Gasteiger partial charge on any atom is 0.258 e. The van der Waals surface area contributed by atoms with Gasteiger partial charge in [-0.15, -0.1) is 0 Å². The van der Waals surface area contributed by atoms with Gasteiger partial charge in [-0.1, -0.05) is 30.3 Å². The highest BCUT2D eigenvalue weighted by Crippen LogP contribution is 2.33. The van der Waals surface area contributed by atoms with Gasteiger partial charge in [-0.05, 0) is 31.0 Å². The van der Waals surface area contributed by atoms with Crippen molar-refractivity contribution in [2.75, 3.05) is 20.8 Å². The molecule has 2 aromatic carbocycles. The minimum atomic E-state index is -0.161. The van der Waals surface area contributed by atoms with Crippen LogP contribution in [-0.4, -0.2) is 35.6 Å². The molecule has 1 aliphatic heterocycles. The summed E-state index contributed by atoms with van der Waals surface area (Å²) < 4.78 is 10.6. The number of hydrogen-bond acceptors (Lipinski definition) is 5. The van der Waals surface area contributed by atoms with Gasteiger partial charge in [0.1, 0.15) is 5.82 Å². The minimum Gasteiger partial charge on any atom is -0.493 e. The van der Waals surface area contributed by atoms with Gasteiger partial charge in [0, 0.05) is 12.1 Å². The van der Waals surface area contributed by atoms with E-state index in [0.29, 0.717) is 40.8 Å². The molecule has 140 valence electrons. The molecule has 1 unspecified atom stereocenters. The second-order valence-corrected chi connectivity index (χ2v) is 6.78. The molecule has 0 aliphatic carbocycles. The van der Waals surface area contributed by atoms with Crippen LogP contribution < -0.4 is 15.0 Å². The van der Waals surface area contributed by atoms with Crippen LogP contribution in [-0.2, 0) is 6.54 Å². The zero-order chi connectivity index (χ0) is 18.8. The van der Waals surface area contributed by atoms with E-state index in [4.69, 9.17) is 9.47 Å². The summed E-state index contributed by atoms with van der Waals surface area (Å²) in [5.41, 5.74) is 1.76. The molecule has 0 radical (unpaired) electrons. The first-order valence-electron chi connectivity index (χ1n) is 9.13. The molecule has 4 rings (SSSR count). The third kappa shape index (κ3) is 3.40. The standard InChI is InChI=1S/C21H23N3O3/c1-26-18-11-15-16(12-19(18)27-2)22-20(23-21(15)25)13-24-10-6-9-17(24)14-7-4-3-5-8-14/h3-5,7-8,11-12,17H,6,9-10,13H2,1-2H3,(H,22,23,25). The van der Waals surface area contributed by atoms with E-state index in [-0.39, 0.29) is 5.56 Å². The summed E-state index contributed by atoms with van der Waals surface area (Å²) in [6, 6.07) is 14.3. The van der Waals surface area contributed by atoms with Crippen molar-refractivity contribution in [3.63, 3.8) is 0 Å². The molecule has 1 aliphatic rings. The van der Waals surface area contributed by atoms with Gasteiger partial charge in [-0.3, -0.25) is 9.69 Å². The molecular weight excluding hydrogens is 342 g/mol. The number of ether oxygens (including phenoxy) is 2. The Hall–Kier alpha value is -2.86. The number of methoxy groups -OCH3 is 2. The lowest BCUT2D eigenvalue weighted by molar-refractivity contribution is 0.242. The zero-order valence-corrected chi connectivity index (χ0v) is 15.6. The van der Waals surface area contributed by atoms with Crippen molar-refractivity contribution < 1.29 is 9.47 Å². The second kappa shape index (κ2) is 7.40. The van der Waals surface area contributed by atoms with Gasteiger partial charge in [0.05, 0.1) is 31.7 Å². The van der Waals surface area contributed by atoms with Crippen molar-refractivity contribution in [2.45, 2.75) is 25.4 Å². The summed E-state index contributed by atoms with van der Waals surface area (Å²) in [6.07, 6.45) is 2.26. The number of fused-ring (bicyclic) bond motifs is 1. The van der Waals surface area contributed by atoms with Gasteiger partial charge >= 0.3 is 0 Å². The van der Waals surface area contributed by atoms with Crippen LogP contribution in [0.4, 0.5) is 0 Å². The number of nitrogens with zero attached hydrogens (tertiary/aromatic N) is 2. The normalized spacial score (nSPS) is 17.3. The number of H-pyrrole nitrogens is 1. The molecule has 2 heterocycles. The average Bonchev–Trinajstić information content (AvgIpc) is 3.15. The third-order valence-electron chi connectivity index (χ3n) is 5.16. The number of likely N-dealkylation sites (tertiary alicyclic amines) is 1. The Balaban J connectivity index is 1.67. The minimum absolute atomic E-state index is 0.161. The Kier molecular flexibility index (Phi) is 4.81. The maximum absolute atomic E-state index is 12.6. The SMILES string of the molecule is COc1cc2nc(CN3CCCC3c3ccccc3)[nH]c(=O)c2cc1OC. The Labute approximate surface area is 157 Å². The van der Waals surface area contributed by atoms with Crippen molar-refractivity contribution in [1.82, 2.24) is 14.9 Å². The lowest BCUT2D eigenvalue weighted by atomic mass is 10.0. The number of nitrogens with one attached hydrogen (secondary N) is 1. The van der Waals surface area contributed by atoms with Crippen LogP contribution in [0.5, 0.6) is 11.5 Å². The number of aromatic nitrogens is 2. The van der Waals surface area contributed by atoms with Crippen LogP contribution in [0.3, 0.4) is 0 Å². The van der Waals surface area contributed by atoms with Gasteiger partial charge in [0.25, 0.3) is 5.56 Å². The summed E-state index contributed by atoms with van der Waals surface area (Å²) in [7, 11) is 3.13. The second-order valence-electron chi connectivity index (χ2n) is 6.78. The highest BCUT2D eigenvalue weighted by atomic mass is 16.5. The molecule has 0 spiro atoms. The van der Waals surface area contributed by atoms with Crippen LogP contribution >= 0.6 is 0 Å². The predicted molar refractivity (Wildman–Crippen MR) is 104 cm³/mol. The molecule has 1 aromatic heterocycles. The van der Waals surface area contributed by atoms with Crippen molar-refractivity contribution in [1.29, 1.82) is 0 Å². The molecular formula is C21H23N3O3. The van der Waals surface area contributed by atoms with Crippen molar-refractivity contribution >= 4 is 10.9 Å². The number of aromatic amines is 1. The molecule has 0 saturated carbocycles. The highest BCUT2D eigenvalue weighted by molar-refractivity contribution is 5.81. The lowest BCUT2D eigenvalue weighted by Gasteiger charge is -2.24. The molecule has 0 amide bonds. The maximum atomic E-state index is 12.6. The zero-order valence-electron chi connectivity index (χ0n) is 15.6. The third-order valence-corrected chi connectivity index (χ3v) is 5.16. The molecule has 1 saturated heterocycles. The Morgan fingerprint density at radius 1 is 1.15 bits per heavy atom. The lowest BCUT2D eigenvalue weighted by Crippen LogP contribution is -2.25. The summed E-state index contributed by atoms with van der Waals surface area (Å²) in [5.74, 6) is 1.76. The highest BCUT2D eigenvalue weighted by Gasteiger charge is 2.26. The van der Waals surface area contributed by atoms with Gasteiger partial charge in [-0.25, -0.2) is 4.98 Å². The van der Waals surface area contributed by atoms with E-state index in [2.05, 4.69) is 39.1 Å². The first kappa shape index (κ1) is 17.5. The molecule has 27 heavy (non-hydrogen) atoms. The van der Waals surface area contributed by atoms with Crippen LogP contribution in [0.15, 0.2) is 47.3 Å². The Bertz CT molecular complexity index is 1000. The number of rotatable bonds is 5. The van der Waals surface area contributed by atoms with E-state index < -0.39 is 0 Å². The molecule has 1 fully saturated rings. The average molecular weight is 365 g/mol. The Morgan fingerprint density at radius 2 is 1.89 bits per heavy atom. The topological polar surface area (TPSA) is 67.5 Å².